The Morgan fingerprint density at radius 1 is 0.528 bits per heavy atom. The quantitative estimate of drug-likeness (QED) is 0.357. The molecule has 0 radical (unpaired) electrons. The summed E-state index contributed by atoms with van der Waals surface area (Å²) in [6, 6.07) is 23.4. The molecule has 3 aromatic rings. The summed E-state index contributed by atoms with van der Waals surface area (Å²) in [6.07, 6.45) is 6.61. The van der Waals surface area contributed by atoms with Gasteiger partial charge in [-0.2, -0.15) is 0 Å². The first-order valence-electron chi connectivity index (χ1n) is 12.2. The van der Waals surface area contributed by atoms with Gasteiger partial charge in [0.1, 0.15) is 0 Å². The van der Waals surface area contributed by atoms with Crippen LogP contribution in [0.5, 0.6) is 0 Å². The minimum Gasteiger partial charge on any atom is -0.323 e. The molecular formula is C32H36N2O2. The fourth-order valence-electron chi connectivity index (χ4n) is 3.54. The average molecular weight is 481 g/mol. The molecule has 36 heavy (non-hydrogen) atoms. The average Bonchev–Trinajstić information content (AvgIpc) is 2.82. The minimum atomic E-state index is -0.216. The lowest BCUT2D eigenvalue weighted by Crippen LogP contribution is -2.10. The topological polar surface area (TPSA) is 58.2 Å². The summed E-state index contributed by atoms with van der Waals surface area (Å²) in [5, 5.41) is 5.68. The Labute approximate surface area is 215 Å². The van der Waals surface area contributed by atoms with Crippen LogP contribution >= 0.6 is 0 Å². The predicted octanol–water partition coefficient (Wildman–Crippen LogP) is 7.59. The zero-order valence-corrected chi connectivity index (χ0v) is 22.1. The van der Waals surface area contributed by atoms with Crippen LogP contribution in [-0.2, 0) is 20.4 Å². The highest BCUT2D eigenvalue weighted by molar-refractivity contribution is 6.03. The maximum atomic E-state index is 12.3. The molecule has 3 rings (SSSR count). The summed E-state index contributed by atoms with van der Waals surface area (Å²) in [7, 11) is 0. The van der Waals surface area contributed by atoms with E-state index in [1.165, 1.54) is 23.3 Å². The molecule has 186 valence electrons. The third kappa shape index (κ3) is 8.09. The molecule has 2 amide bonds. The van der Waals surface area contributed by atoms with Gasteiger partial charge in [0.2, 0.25) is 11.8 Å². The van der Waals surface area contributed by atoms with Gasteiger partial charge in [0.25, 0.3) is 0 Å². The number of hydrogen-bond donors (Lipinski definition) is 2. The van der Waals surface area contributed by atoms with Crippen molar-refractivity contribution in [2.24, 2.45) is 0 Å². The molecule has 4 nitrogen and oxygen atoms in total. The molecule has 2 N–H and O–H groups in total. The molecule has 0 fully saturated rings. The van der Waals surface area contributed by atoms with Gasteiger partial charge in [-0.3, -0.25) is 9.59 Å². The number of anilines is 2. The van der Waals surface area contributed by atoms with Gasteiger partial charge in [0.15, 0.2) is 0 Å². The van der Waals surface area contributed by atoms with Crippen LogP contribution in [0.3, 0.4) is 0 Å². The zero-order chi connectivity index (χ0) is 26.3. The summed E-state index contributed by atoms with van der Waals surface area (Å²) in [4.78, 5) is 24.6. The van der Waals surface area contributed by atoms with E-state index in [1.54, 1.807) is 36.4 Å². The van der Waals surface area contributed by atoms with Gasteiger partial charge < -0.3 is 10.6 Å². The number of rotatable bonds is 6. The highest BCUT2D eigenvalue weighted by Crippen LogP contribution is 2.23. The summed E-state index contributed by atoms with van der Waals surface area (Å²) >= 11 is 0. The van der Waals surface area contributed by atoms with Gasteiger partial charge in [-0.25, -0.2) is 0 Å². The van der Waals surface area contributed by atoms with Gasteiger partial charge >= 0.3 is 0 Å². The van der Waals surface area contributed by atoms with E-state index in [0.717, 1.165) is 11.1 Å². The summed E-state index contributed by atoms with van der Waals surface area (Å²) in [5.74, 6) is -0.431. The van der Waals surface area contributed by atoms with Crippen molar-refractivity contribution >= 4 is 35.3 Å². The SMILES string of the molecule is CC(C)(C)c1ccc(/C=C/C(=O)Nc2ccc(NC(=O)/C=C/c3ccc(C(C)(C)C)cc3)cc2)cc1. The lowest BCUT2D eigenvalue weighted by atomic mass is 9.87. The third-order valence-electron chi connectivity index (χ3n) is 5.83. The Hall–Kier alpha value is -3.92. The predicted molar refractivity (Wildman–Crippen MR) is 152 cm³/mol. The minimum absolute atomic E-state index is 0.0971. The van der Waals surface area contributed by atoms with E-state index in [4.69, 9.17) is 0 Å². The molecule has 0 saturated carbocycles. The van der Waals surface area contributed by atoms with Gasteiger partial charge in [-0.15, -0.1) is 0 Å². The van der Waals surface area contributed by atoms with Gasteiger partial charge in [-0.1, -0.05) is 90.1 Å². The standard InChI is InChI=1S/C32H36N2O2/c1-31(2,3)25-13-7-23(8-14-25)11-21-29(35)33-27-17-19-28(20-18-27)34-30(36)22-12-24-9-15-26(16-10-24)32(4,5)6/h7-22H,1-6H3,(H,33,35)(H,34,36)/b21-11+,22-12+. The normalized spacial score (nSPS) is 12.2. The molecule has 0 atom stereocenters. The number of hydrogen-bond acceptors (Lipinski definition) is 2. The van der Waals surface area contributed by atoms with Crippen LogP contribution in [0.4, 0.5) is 11.4 Å². The summed E-state index contributed by atoms with van der Waals surface area (Å²) in [6.45, 7) is 13.0. The number of benzene rings is 3. The molecule has 0 aliphatic heterocycles. The molecule has 0 aliphatic rings. The van der Waals surface area contributed by atoms with Crippen LogP contribution < -0.4 is 10.6 Å². The van der Waals surface area contributed by atoms with E-state index in [2.05, 4.69) is 76.4 Å². The highest BCUT2D eigenvalue weighted by atomic mass is 16.2. The van der Waals surface area contributed by atoms with Crippen molar-refractivity contribution in [3.63, 3.8) is 0 Å². The van der Waals surface area contributed by atoms with Crippen molar-refractivity contribution in [1.82, 2.24) is 0 Å². The molecule has 0 saturated heterocycles. The van der Waals surface area contributed by atoms with Crippen LogP contribution in [0.2, 0.25) is 0 Å². The first-order valence-corrected chi connectivity index (χ1v) is 12.2. The van der Waals surface area contributed by atoms with Crippen molar-refractivity contribution in [2.45, 2.75) is 52.4 Å². The Morgan fingerprint density at radius 2 is 0.833 bits per heavy atom. The summed E-state index contributed by atoms with van der Waals surface area (Å²) in [5.41, 5.74) is 5.94. The zero-order valence-electron chi connectivity index (χ0n) is 22.1. The third-order valence-corrected chi connectivity index (χ3v) is 5.83. The van der Waals surface area contributed by atoms with Gasteiger partial charge in [0.05, 0.1) is 0 Å². The monoisotopic (exact) mass is 480 g/mol. The van der Waals surface area contributed by atoms with E-state index in [-0.39, 0.29) is 22.6 Å². The van der Waals surface area contributed by atoms with Crippen molar-refractivity contribution in [1.29, 1.82) is 0 Å². The first-order chi connectivity index (χ1) is 16.9. The molecule has 0 aliphatic carbocycles. The van der Waals surface area contributed by atoms with Crippen LogP contribution in [-0.4, -0.2) is 11.8 Å². The van der Waals surface area contributed by atoms with E-state index >= 15 is 0 Å². The molecule has 0 unspecified atom stereocenters. The van der Waals surface area contributed by atoms with Crippen molar-refractivity contribution in [3.8, 4) is 0 Å². The van der Waals surface area contributed by atoms with Crippen LogP contribution in [0.15, 0.2) is 84.9 Å². The lowest BCUT2D eigenvalue weighted by molar-refractivity contribution is -0.112. The Bertz CT molecular complexity index is 1140. The van der Waals surface area contributed by atoms with Crippen LogP contribution in [0.1, 0.15) is 63.8 Å². The molecule has 0 heterocycles. The smallest absolute Gasteiger partial charge is 0.248 e. The maximum absolute atomic E-state index is 12.3. The second kappa shape index (κ2) is 11.2. The largest absolute Gasteiger partial charge is 0.323 e. The number of amides is 2. The molecule has 3 aromatic carbocycles. The van der Waals surface area contributed by atoms with Crippen molar-refractivity contribution in [3.05, 3.63) is 107 Å². The van der Waals surface area contributed by atoms with Crippen LogP contribution in [0.25, 0.3) is 12.2 Å². The summed E-state index contributed by atoms with van der Waals surface area (Å²) < 4.78 is 0. The Balaban J connectivity index is 1.51. The molecule has 0 spiro atoms. The lowest BCUT2D eigenvalue weighted by Gasteiger charge is -2.18. The first kappa shape index (κ1) is 26.7. The molecule has 0 aromatic heterocycles. The van der Waals surface area contributed by atoms with E-state index in [1.807, 2.05) is 24.3 Å². The van der Waals surface area contributed by atoms with E-state index in [9.17, 15) is 9.59 Å². The number of nitrogens with one attached hydrogen (secondary N) is 2. The van der Waals surface area contributed by atoms with Crippen molar-refractivity contribution < 1.29 is 9.59 Å². The maximum Gasteiger partial charge on any atom is 0.248 e. The Morgan fingerprint density at radius 3 is 1.11 bits per heavy atom. The molecule has 0 bridgehead atoms. The molecule has 4 heteroatoms. The molecular weight excluding hydrogens is 444 g/mol. The van der Waals surface area contributed by atoms with Gasteiger partial charge in [0, 0.05) is 23.5 Å². The fraction of sp³-hybridized carbons (Fsp3) is 0.250. The number of carbonyl (C=O) groups is 2. The second-order valence-corrected chi connectivity index (χ2v) is 11.0. The fourth-order valence-corrected chi connectivity index (χ4v) is 3.54. The van der Waals surface area contributed by atoms with E-state index in [0.29, 0.717) is 11.4 Å². The Kier molecular flexibility index (Phi) is 8.31. The van der Waals surface area contributed by atoms with Crippen LogP contribution in [0, 0.1) is 0 Å². The second-order valence-electron chi connectivity index (χ2n) is 11.0. The van der Waals surface area contributed by atoms with Gasteiger partial charge in [-0.05, 0) is 69.5 Å². The number of carbonyl (C=O) groups excluding carboxylic acids is 2. The van der Waals surface area contributed by atoms with E-state index < -0.39 is 0 Å². The highest BCUT2D eigenvalue weighted by Gasteiger charge is 2.13. The van der Waals surface area contributed by atoms with Crippen molar-refractivity contribution in [2.75, 3.05) is 10.6 Å².